The van der Waals surface area contributed by atoms with Gasteiger partial charge in [0.15, 0.2) is 0 Å². The van der Waals surface area contributed by atoms with Gasteiger partial charge in [0, 0.05) is 13.5 Å². The highest BCUT2D eigenvalue weighted by Crippen LogP contribution is 2.20. The maximum Gasteiger partial charge on any atom is 0.311 e. The number of rotatable bonds is 10. The Morgan fingerprint density at radius 2 is 1.59 bits per heavy atom. The van der Waals surface area contributed by atoms with Crippen LogP contribution in [0.2, 0.25) is 0 Å². The fourth-order valence-corrected chi connectivity index (χ4v) is 1.88. The van der Waals surface area contributed by atoms with Gasteiger partial charge in [-0.3, -0.25) is 14.4 Å². The number of carbonyl (C=O) groups excluding carboxylic acids is 2. The SMILES string of the molecule is CCC.CON(C)C(=O)CCCC[C@H](COC(C)(C)F)C(=O)OC(C)(C)C. The van der Waals surface area contributed by atoms with Crippen LogP contribution < -0.4 is 0 Å². The van der Waals surface area contributed by atoms with E-state index >= 15 is 0 Å². The second-order valence-corrected chi connectivity index (χ2v) is 7.93. The lowest BCUT2D eigenvalue weighted by Crippen LogP contribution is -2.33. The molecule has 0 fully saturated rings. The molecule has 1 amide bonds. The molecule has 7 heteroatoms. The van der Waals surface area contributed by atoms with Gasteiger partial charge in [-0.1, -0.05) is 26.7 Å². The Balaban J connectivity index is 0. The number of carbonyl (C=O) groups is 2. The monoisotopic (exact) mass is 393 g/mol. The first kappa shape index (κ1) is 28.0. The molecule has 0 aliphatic heterocycles. The van der Waals surface area contributed by atoms with E-state index in [1.165, 1.54) is 32.4 Å². The van der Waals surface area contributed by atoms with Crippen molar-refractivity contribution >= 4 is 11.9 Å². The highest BCUT2D eigenvalue weighted by Gasteiger charge is 2.28. The van der Waals surface area contributed by atoms with E-state index in [-0.39, 0.29) is 12.5 Å². The predicted octanol–water partition coefficient (Wildman–Crippen LogP) is 4.66. The Morgan fingerprint density at radius 3 is 2.00 bits per heavy atom. The average molecular weight is 394 g/mol. The van der Waals surface area contributed by atoms with Gasteiger partial charge in [-0.05, 0) is 47.5 Å². The zero-order valence-electron chi connectivity index (χ0n) is 18.7. The lowest BCUT2D eigenvalue weighted by molar-refractivity contribution is -0.171. The molecular formula is C20H40FNO5. The molecule has 0 aromatic carbocycles. The molecule has 0 rings (SSSR count). The summed E-state index contributed by atoms with van der Waals surface area (Å²) in [5.41, 5.74) is -0.613. The van der Waals surface area contributed by atoms with E-state index in [9.17, 15) is 14.0 Å². The molecule has 0 aromatic heterocycles. The molecule has 27 heavy (non-hydrogen) atoms. The van der Waals surface area contributed by atoms with Crippen LogP contribution in [-0.2, 0) is 23.9 Å². The Bertz CT molecular complexity index is 416. The highest BCUT2D eigenvalue weighted by atomic mass is 19.2. The second-order valence-electron chi connectivity index (χ2n) is 7.93. The fourth-order valence-electron chi connectivity index (χ4n) is 1.88. The van der Waals surface area contributed by atoms with Crippen LogP contribution >= 0.6 is 0 Å². The van der Waals surface area contributed by atoms with Crippen LogP contribution in [0, 0.1) is 5.92 Å². The van der Waals surface area contributed by atoms with Crippen molar-refractivity contribution in [1.29, 1.82) is 0 Å². The van der Waals surface area contributed by atoms with Crippen molar-refractivity contribution in [3.63, 3.8) is 0 Å². The van der Waals surface area contributed by atoms with Crippen LogP contribution in [0.25, 0.3) is 0 Å². The third-order valence-electron chi connectivity index (χ3n) is 3.19. The maximum atomic E-state index is 13.5. The molecule has 6 nitrogen and oxygen atoms in total. The van der Waals surface area contributed by atoms with E-state index in [0.717, 1.165) is 0 Å². The Hall–Kier alpha value is -1.21. The summed E-state index contributed by atoms with van der Waals surface area (Å²) in [6.45, 7) is 12.1. The number of hydroxylamine groups is 2. The van der Waals surface area contributed by atoms with Gasteiger partial charge in [-0.25, -0.2) is 9.45 Å². The van der Waals surface area contributed by atoms with Gasteiger partial charge < -0.3 is 9.47 Å². The number of amides is 1. The zero-order valence-corrected chi connectivity index (χ0v) is 18.7. The summed E-state index contributed by atoms with van der Waals surface area (Å²) >= 11 is 0. The molecule has 1 atom stereocenters. The van der Waals surface area contributed by atoms with Crippen LogP contribution in [0.4, 0.5) is 4.39 Å². The van der Waals surface area contributed by atoms with Crippen LogP contribution in [0.15, 0.2) is 0 Å². The fraction of sp³-hybridized carbons (Fsp3) is 0.900. The number of ether oxygens (including phenoxy) is 2. The van der Waals surface area contributed by atoms with Gasteiger partial charge in [-0.15, -0.1) is 0 Å². The predicted molar refractivity (Wildman–Crippen MR) is 105 cm³/mol. The molecule has 0 saturated carbocycles. The molecule has 0 spiro atoms. The van der Waals surface area contributed by atoms with E-state index in [0.29, 0.717) is 25.7 Å². The minimum Gasteiger partial charge on any atom is -0.460 e. The van der Waals surface area contributed by atoms with Gasteiger partial charge in [-0.2, -0.15) is 0 Å². The number of nitrogens with zero attached hydrogens (tertiary/aromatic N) is 1. The van der Waals surface area contributed by atoms with Gasteiger partial charge in [0.25, 0.3) is 0 Å². The van der Waals surface area contributed by atoms with Crippen molar-refractivity contribution in [1.82, 2.24) is 5.06 Å². The third-order valence-corrected chi connectivity index (χ3v) is 3.19. The summed E-state index contributed by atoms with van der Waals surface area (Å²) in [4.78, 5) is 28.7. The first-order chi connectivity index (χ1) is 12.3. The summed E-state index contributed by atoms with van der Waals surface area (Å²) in [6, 6.07) is 0. The smallest absolute Gasteiger partial charge is 0.311 e. The average Bonchev–Trinajstić information content (AvgIpc) is 2.51. The van der Waals surface area contributed by atoms with Crippen molar-refractivity contribution in [3.05, 3.63) is 0 Å². The number of unbranched alkanes of at least 4 members (excludes halogenated alkanes) is 1. The second kappa shape index (κ2) is 13.9. The maximum absolute atomic E-state index is 13.5. The summed E-state index contributed by atoms with van der Waals surface area (Å²) in [5, 5.41) is 1.17. The number of halogens is 1. The van der Waals surface area contributed by atoms with E-state index in [4.69, 9.17) is 14.3 Å². The number of alkyl halides is 1. The first-order valence-electron chi connectivity index (χ1n) is 9.63. The molecule has 0 aliphatic carbocycles. The highest BCUT2D eigenvalue weighted by molar-refractivity contribution is 5.74. The molecule has 0 heterocycles. The molecule has 0 radical (unpaired) electrons. The van der Waals surface area contributed by atoms with E-state index in [2.05, 4.69) is 13.8 Å². The Labute approximate surface area is 164 Å². The Kier molecular flexibility index (Phi) is 14.4. The van der Waals surface area contributed by atoms with Crippen molar-refractivity contribution in [3.8, 4) is 0 Å². The molecule has 0 aromatic rings. The van der Waals surface area contributed by atoms with Gasteiger partial charge >= 0.3 is 5.97 Å². The number of hydrogen-bond donors (Lipinski definition) is 0. The van der Waals surface area contributed by atoms with Crippen molar-refractivity contribution in [2.75, 3.05) is 20.8 Å². The van der Waals surface area contributed by atoms with Crippen LogP contribution in [-0.4, -0.2) is 49.2 Å². The first-order valence-corrected chi connectivity index (χ1v) is 9.63. The summed E-state index contributed by atoms with van der Waals surface area (Å²) in [7, 11) is 2.97. The standard InChI is InChI=1S/C17H32FNO5.C3H8/c1-16(2,3)24-15(21)13(12-23-17(4,5)18)10-8-9-11-14(20)19(6)22-7;1-3-2/h13H,8-12H2,1-7H3;3H2,1-2H3/t13-;/m1./s1. The summed E-state index contributed by atoms with van der Waals surface area (Å²) in [6.07, 6.45) is 3.27. The largest absolute Gasteiger partial charge is 0.460 e. The molecule has 0 N–H and O–H groups in total. The van der Waals surface area contributed by atoms with Crippen LogP contribution in [0.1, 0.15) is 80.6 Å². The minimum atomic E-state index is -1.81. The number of hydrogen-bond acceptors (Lipinski definition) is 5. The minimum absolute atomic E-state index is 0.0513. The molecule has 0 aliphatic rings. The zero-order chi connectivity index (χ0) is 21.7. The summed E-state index contributed by atoms with van der Waals surface area (Å²) < 4.78 is 24.0. The topological polar surface area (TPSA) is 65.1 Å². The molecule has 162 valence electrons. The lowest BCUT2D eigenvalue weighted by Gasteiger charge is -2.25. The number of esters is 1. The lowest BCUT2D eigenvalue weighted by atomic mass is 10.0. The van der Waals surface area contributed by atoms with E-state index in [1.807, 2.05) is 0 Å². The Morgan fingerprint density at radius 1 is 1.07 bits per heavy atom. The molecule has 0 unspecified atom stereocenters. The molecular weight excluding hydrogens is 353 g/mol. The van der Waals surface area contributed by atoms with Crippen molar-refractivity contribution in [2.45, 2.75) is 92.0 Å². The van der Waals surface area contributed by atoms with Gasteiger partial charge in [0.05, 0.1) is 19.6 Å². The van der Waals surface area contributed by atoms with Crippen molar-refractivity contribution in [2.24, 2.45) is 5.92 Å². The van der Waals surface area contributed by atoms with E-state index in [1.54, 1.807) is 27.8 Å². The van der Waals surface area contributed by atoms with Crippen molar-refractivity contribution < 1.29 is 28.3 Å². The molecule has 0 bridgehead atoms. The van der Waals surface area contributed by atoms with Crippen LogP contribution in [0.3, 0.4) is 0 Å². The van der Waals surface area contributed by atoms with Crippen LogP contribution in [0.5, 0.6) is 0 Å². The van der Waals surface area contributed by atoms with Gasteiger partial charge in [0.2, 0.25) is 11.8 Å². The normalized spacial score (nSPS) is 12.7. The summed E-state index contributed by atoms with van der Waals surface area (Å²) in [5.74, 6) is -2.91. The molecule has 0 saturated heterocycles. The quantitative estimate of drug-likeness (QED) is 0.307. The van der Waals surface area contributed by atoms with Gasteiger partial charge in [0.1, 0.15) is 5.60 Å². The third kappa shape index (κ3) is 17.9. The van der Waals surface area contributed by atoms with E-state index < -0.39 is 23.3 Å².